The molecule has 2 saturated carbocycles. The van der Waals surface area contributed by atoms with E-state index in [4.69, 9.17) is 13.9 Å². The highest BCUT2D eigenvalue weighted by Gasteiger charge is 2.77. The summed E-state index contributed by atoms with van der Waals surface area (Å²) in [5, 5.41) is 11.2. The van der Waals surface area contributed by atoms with Gasteiger partial charge in [0.05, 0.1) is 18.1 Å². The minimum absolute atomic E-state index is 0.0253. The number of thioether (sulfide) groups is 1. The fourth-order valence-corrected chi connectivity index (χ4v) is 9.32. The number of ether oxygens (including phenoxy) is 2. The highest BCUT2D eigenvalue weighted by molar-refractivity contribution is 8.14. The molecule has 2 unspecified atom stereocenters. The Hall–Kier alpha value is -3.43. The Morgan fingerprint density at radius 3 is 2.62 bits per heavy atom. The van der Waals surface area contributed by atoms with Crippen LogP contribution in [0.5, 0.6) is 0 Å². The third kappa shape index (κ3) is 4.94. The zero-order valence-electron chi connectivity index (χ0n) is 25.9. The Labute approximate surface area is 264 Å². The molecule has 1 amide bonds. The maximum Gasteiger partial charge on any atom is 0.410 e. The van der Waals surface area contributed by atoms with Crippen LogP contribution in [0.3, 0.4) is 0 Å². The molecule has 0 spiro atoms. The highest BCUT2D eigenvalue weighted by atomic mass is 32.2. The number of hydrogen-bond acceptors (Lipinski definition) is 9. The van der Waals surface area contributed by atoms with E-state index in [1.807, 2.05) is 0 Å². The average molecular weight is 646 g/mol. The van der Waals surface area contributed by atoms with Gasteiger partial charge in [0.1, 0.15) is 5.83 Å². The molecule has 4 aliphatic carbocycles. The van der Waals surface area contributed by atoms with E-state index in [0.717, 1.165) is 11.8 Å². The molecule has 242 valence electrons. The molecular formula is C33H37F2NO8S. The van der Waals surface area contributed by atoms with Crippen LogP contribution in [-0.2, 0) is 19.1 Å². The van der Waals surface area contributed by atoms with E-state index in [0.29, 0.717) is 0 Å². The molecular weight excluding hydrogens is 608 g/mol. The van der Waals surface area contributed by atoms with Crippen LogP contribution in [0.1, 0.15) is 57.0 Å². The summed E-state index contributed by atoms with van der Waals surface area (Å²) in [6, 6.07) is 2.90. The lowest BCUT2D eigenvalue weighted by Gasteiger charge is -2.62. The van der Waals surface area contributed by atoms with Crippen molar-refractivity contribution in [1.82, 2.24) is 4.90 Å². The van der Waals surface area contributed by atoms with Gasteiger partial charge in [-0.3, -0.25) is 9.59 Å². The zero-order valence-corrected chi connectivity index (χ0v) is 26.7. The predicted octanol–water partition coefficient (Wildman–Crippen LogP) is 5.05. The number of aliphatic hydroxyl groups excluding tert-OH is 1. The number of carbonyl (C=O) groups is 4. The number of ketones is 1. The van der Waals surface area contributed by atoms with Gasteiger partial charge in [0.25, 0.3) is 0 Å². The maximum atomic E-state index is 17.6. The van der Waals surface area contributed by atoms with E-state index in [1.165, 1.54) is 56.5 Å². The van der Waals surface area contributed by atoms with Gasteiger partial charge in [-0.05, 0) is 49.5 Å². The molecule has 9 nitrogen and oxygen atoms in total. The molecule has 45 heavy (non-hydrogen) atoms. The Morgan fingerprint density at radius 1 is 1.22 bits per heavy atom. The first-order valence-corrected chi connectivity index (χ1v) is 15.8. The average Bonchev–Trinajstić information content (AvgIpc) is 3.60. The summed E-state index contributed by atoms with van der Waals surface area (Å²) in [6.45, 7) is 4.76. The molecule has 0 bridgehead atoms. The lowest BCUT2D eigenvalue weighted by molar-refractivity contribution is -0.214. The number of nitrogens with zero attached hydrogens (tertiary/aromatic N) is 1. The number of fused-ring (bicyclic) bond motifs is 5. The summed E-state index contributed by atoms with van der Waals surface area (Å²) in [4.78, 5) is 52.8. The molecule has 2 fully saturated rings. The molecule has 0 aromatic carbocycles. The predicted molar refractivity (Wildman–Crippen MR) is 160 cm³/mol. The van der Waals surface area contributed by atoms with Crippen LogP contribution in [0.2, 0.25) is 0 Å². The summed E-state index contributed by atoms with van der Waals surface area (Å²) in [6.07, 6.45) is 0.994. The smallest absolute Gasteiger partial charge is 0.410 e. The summed E-state index contributed by atoms with van der Waals surface area (Å²) in [5.74, 6) is 1.06. The molecule has 0 aliphatic heterocycles. The topological polar surface area (TPSA) is 123 Å². The molecule has 1 heterocycles. The van der Waals surface area contributed by atoms with Crippen LogP contribution in [0.25, 0.3) is 0 Å². The van der Waals surface area contributed by atoms with Gasteiger partial charge in [-0.25, -0.2) is 18.4 Å². The second-order valence-corrected chi connectivity index (χ2v) is 14.0. The van der Waals surface area contributed by atoms with Crippen molar-refractivity contribution in [3.63, 3.8) is 0 Å². The summed E-state index contributed by atoms with van der Waals surface area (Å²) in [7, 11) is 3.06. The molecule has 5 rings (SSSR count). The number of allylic oxidation sites excluding steroid dienone is 4. The number of rotatable bonds is 5. The number of halogens is 2. The first kappa shape index (κ1) is 32.9. The van der Waals surface area contributed by atoms with Crippen molar-refractivity contribution < 1.29 is 47.0 Å². The largest absolute Gasteiger partial charge is 0.457 e. The monoisotopic (exact) mass is 645 g/mol. The molecule has 0 saturated heterocycles. The minimum atomic E-state index is -2.34. The van der Waals surface area contributed by atoms with Gasteiger partial charge in [0.2, 0.25) is 10.9 Å². The summed E-state index contributed by atoms with van der Waals surface area (Å²) < 4.78 is 49.8. The van der Waals surface area contributed by atoms with Gasteiger partial charge in [-0.1, -0.05) is 43.5 Å². The van der Waals surface area contributed by atoms with E-state index in [1.54, 1.807) is 13.8 Å². The number of hydrogen-bond donors (Lipinski definition) is 1. The Bertz CT molecular complexity index is 1530. The molecule has 1 aromatic rings. The summed E-state index contributed by atoms with van der Waals surface area (Å²) >= 11 is 0.804. The Morgan fingerprint density at radius 2 is 1.96 bits per heavy atom. The number of alkyl halides is 1. The number of aliphatic hydroxyl groups is 1. The maximum absolute atomic E-state index is 17.6. The van der Waals surface area contributed by atoms with Crippen molar-refractivity contribution >= 4 is 34.7 Å². The molecule has 0 radical (unpaired) electrons. The number of furan rings is 1. The summed E-state index contributed by atoms with van der Waals surface area (Å²) in [5.41, 5.74) is -7.04. The highest BCUT2D eigenvalue weighted by Crippen LogP contribution is 2.72. The standard InChI is InChI=1S/C33H37F2NO8S/c1-19-15-21-22-17-24(34)23-16-20(37)10-11-30(23,2)32(22,35)26(38)18-31(21,3)33(19,44-27(39)25-9-8-13-42-25)28(40)45-14-7-6-12-43-29(41)36(4)5/h8-11,13,19,21-22,26,38H,12,14-18H2,1-5H3/t19-,21?,22?,26+,30+,31+,32+,33+/m1/s1. The van der Waals surface area contributed by atoms with Crippen LogP contribution in [0.15, 0.2) is 46.4 Å². The van der Waals surface area contributed by atoms with Crippen molar-refractivity contribution in [2.24, 2.45) is 28.6 Å². The second-order valence-electron chi connectivity index (χ2n) is 13.0. The van der Waals surface area contributed by atoms with Gasteiger partial charge in [0, 0.05) is 49.6 Å². The first-order valence-electron chi connectivity index (χ1n) is 14.8. The Kier molecular flexibility index (Phi) is 8.59. The van der Waals surface area contributed by atoms with Crippen molar-refractivity contribution in [3.05, 3.63) is 47.7 Å². The third-order valence-electron chi connectivity index (χ3n) is 10.5. The number of carbonyl (C=O) groups excluding carboxylic acids is 4. The van der Waals surface area contributed by atoms with Gasteiger partial charge < -0.3 is 23.9 Å². The fourth-order valence-electron chi connectivity index (χ4n) is 8.32. The SMILES string of the molecule is C[C@@H]1CC2C3CC(F)=C4CC(=O)C=C[C@]4(C)[C@@]3(F)[C@@H](O)C[C@]2(C)[C@@]1(OC(=O)c1ccco1)C(=O)SCC#CCOC(=O)N(C)C. The first-order chi connectivity index (χ1) is 21.1. The Balaban J connectivity index is 1.51. The molecule has 1 aromatic heterocycles. The van der Waals surface area contributed by atoms with Gasteiger partial charge in [-0.2, -0.15) is 0 Å². The van der Waals surface area contributed by atoms with Crippen LogP contribution >= 0.6 is 11.8 Å². The van der Waals surface area contributed by atoms with Crippen molar-refractivity contribution in [2.75, 3.05) is 26.5 Å². The number of amides is 1. The van der Waals surface area contributed by atoms with E-state index in [9.17, 15) is 24.3 Å². The van der Waals surface area contributed by atoms with Gasteiger partial charge >= 0.3 is 12.1 Å². The van der Waals surface area contributed by atoms with Crippen LogP contribution in [0, 0.1) is 40.4 Å². The quantitative estimate of drug-likeness (QED) is 0.346. The lowest BCUT2D eigenvalue weighted by atomic mass is 9.45. The molecule has 8 atom stereocenters. The second kappa shape index (κ2) is 11.7. The van der Waals surface area contributed by atoms with Crippen LogP contribution in [-0.4, -0.2) is 76.8 Å². The lowest BCUT2D eigenvalue weighted by Crippen LogP contribution is -2.69. The molecule has 4 aliphatic rings. The van der Waals surface area contributed by atoms with Crippen LogP contribution in [0.4, 0.5) is 13.6 Å². The number of esters is 1. The normalized spacial score (nSPS) is 36.7. The minimum Gasteiger partial charge on any atom is -0.457 e. The van der Waals surface area contributed by atoms with E-state index < -0.39 is 69.0 Å². The van der Waals surface area contributed by atoms with E-state index in [-0.39, 0.29) is 55.2 Å². The molecule has 12 heteroatoms. The third-order valence-corrected chi connectivity index (χ3v) is 11.4. The van der Waals surface area contributed by atoms with Gasteiger partial charge in [0.15, 0.2) is 23.7 Å². The van der Waals surface area contributed by atoms with E-state index >= 15 is 8.78 Å². The van der Waals surface area contributed by atoms with Gasteiger partial charge in [-0.15, -0.1) is 0 Å². The van der Waals surface area contributed by atoms with Crippen LogP contribution < -0.4 is 0 Å². The van der Waals surface area contributed by atoms with Crippen molar-refractivity contribution in [1.29, 1.82) is 0 Å². The molecule has 1 N–H and O–H groups in total. The van der Waals surface area contributed by atoms with Crippen molar-refractivity contribution in [3.8, 4) is 11.8 Å². The van der Waals surface area contributed by atoms with E-state index in [2.05, 4.69) is 11.8 Å². The zero-order chi connectivity index (χ0) is 32.9. The van der Waals surface area contributed by atoms with Crippen molar-refractivity contribution in [2.45, 2.75) is 63.8 Å². The fraction of sp³-hybridized carbons (Fsp3) is 0.576.